The molecular weight excluding hydrogens is 389 g/mol. The van der Waals surface area contributed by atoms with Crippen LogP contribution in [0.4, 0.5) is 10.1 Å². The van der Waals surface area contributed by atoms with Crippen LogP contribution in [0.2, 0.25) is 0 Å². The standard InChI is InChI=1S/C22H26FN3O4/c1-14-11-26(15(2)10-25(14)12-16-6-8-17(23)9-7-16)20(27)13-30-19-5-3-4-18(21(19)24)22(28)29/h3-9,14-15H,10-13,24H2,1-2H3,(H,28,29)/t14-,15+/m0/s1. The van der Waals surface area contributed by atoms with Gasteiger partial charge in [0.1, 0.15) is 11.6 Å². The third-order valence-corrected chi connectivity index (χ3v) is 5.38. The zero-order valence-electron chi connectivity index (χ0n) is 17.0. The Morgan fingerprint density at radius 1 is 1.13 bits per heavy atom. The normalized spacial score (nSPS) is 19.5. The zero-order valence-corrected chi connectivity index (χ0v) is 17.0. The number of hydrogen-bond acceptors (Lipinski definition) is 5. The zero-order chi connectivity index (χ0) is 21.8. The van der Waals surface area contributed by atoms with Gasteiger partial charge in [-0.15, -0.1) is 0 Å². The number of rotatable bonds is 6. The average molecular weight is 415 g/mol. The van der Waals surface area contributed by atoms with Gasteiger partial charge in [0.2, 0.25) is 0 Å². The highest BCUT2D eigenvalue weighted by Gasteiger charge is 2.32. The Labute approximate surface area is 174 Å². The first-order chi connectivity index (χ1) is 14.3. The van der Waals surface area contributed by atoms with E-state index in [4.69, 9.17) is 15.6 Å². The van der Waals surface area contributed by atoms with Crippen molar-refractivity contribution in [3.05, 3.63) is 59.4 Å². The maximum absolute atomic E-state index is 13.1. The summed E-state index contributed by atoms with van der Waals surface area (Å²) in [5, 5.41) is 9.15. The summed E-state index contributed by atoms with van der Waals surface area (Å²) in [5.41, 5.74) is 6.80. The summed E-state index contributed by atoms with van der Waals surface area (Å²) in [6.45, 7) is 5.70. The van der Waals surface area contributed by atoms with Crippen molar-refractivity contribution in [3.8, 4) is 5.75 Å². The predicted octanol–water partition coefficient (Wildman–Crippen LogP) is 2.61. The molecule has 2 atom stereocenters. The highest BCUT2D eigenvalue weighted by atomic mass is 19.1. The molecule has 0 aromatic heterocycles. The van der Waals surface area contributed by atoms with E-state index in [0.717, 1.165) is 5.56 Å². The summed E-state index contributed by atoms with van der Waals surface area (Å²) in [6.07, 6.45) is 0. The van der Waals surface area contributed by atoms with E-state index in [9.17, 15) is 14.0 Å². The van der Waals surface area contributed by atoms with E-state index in [1.807, 2.05) is 13.8 Å². The van der Waals surface area contributed by atoms with Crippen molar-refractivity contribution in [2.24, 2.45) is 0 Å². The van der Waals surface area contributed by atoms with Crippen LogP contribution in [-0.2, 0) is 11.3 Å². The molecule has 1 fully saturated rings. The van der Waals surface area contributed by atoms with Gasteiger partial charge in [-0.25, -0.2) is 9.18 Å². The number of carbonyl (C=O) groups excluding carboxylic acids is 1. The minimum absolute atomic E-state index is 0.00309. The minimum Gasteiger partial charge on any atom is -0.482 e. The number of benzene rings is 2. The molecule has 1 saturated heterocycles. The van der Waals surface area contributed by atoms with Gasteiger partial charge >= 0.3 is 5.97 Å². The van der Waals surface area contributed by atoms with Crippen molar-refractivity contribution in [2.75, 3.05) is 25.4 Å². The molecule has 3 N–H and O–H groups in total. The van der Waals surface area contributed by atoms with Crippen LogP contribution in [0.15, 0.2) is 42.5 Å². The first-order valence-corrected chi connectivity index (χ1v) is 9.78. The van der Waals surface area contributed by atoms with Gasteiger partial charge in [-0.3, -0.25) is 9.69 Å². The Kier molecular flexibility index (Phi) is 6.56. The fraction of sp³-hybridized carbons (Fsp3) is 0.364. The lowest BCUT2D eigenvalue weighted by Crippen LogP contribution is -2.58. The molecule has 0 radical (unpaired) electrons. The molecule has 30 heavy (non-hydrogen) atoms. The molecule has 160 valence electrons. The molecule has 2 aromatic rings. The smallest absolute Gasteiger partial charge is 0.337 e. The van der Waals surface area contributed by atoms with Gasteiger partial charge in [0, 0.05) is 31.7 Å². The van der Waals surface area contributed by atoms with Crippen LogP contribution in [0.5, 0.6) is 5.75 Å². The molecule has 1 heterocycles. The minimum atomic E-state index is -1.15. The molecule has 0 bridgehead atoms. The number of halogens is 1. The van der Waals surface area contributed by atoms with E-state index in [-0.39, 0.29) is 47.4 Å². The van der Waals surface area contributed by atoms with E-state index in [2.05, 4.69) is 4.90 Å². The lowest BCUT2D eigenvalue weighted by Gasteiger charge is -2.44. The number of carboxylic acid groups (broad SMARTS) is 1. The summed E-state index contributed by atoms with van der Waals surface area (Å²) >= 11 is 0. The largest absolute Gasteiger partial charge is 0.482 e. The molecule has 0 spiro atoms. The molecule has 1 amide bonds. The predicted molar refractivity (Wildman–Crippen MR) is 111 cm³/mol. The van der Waals surface area contributed by atoms with Crippen molar-refractivity contribution in [1.29, 1.82) is 0 Å². The summed E-state index contributed by atoms with van der Waals surface area (Å²) < 4.78 is 18.7. The van der Waals surface area contributed by atoms with Crippen LogP contribution in [-0.4, -0.2) is 58.6 Å². The van der Waals surface area contributed by atoms with Gasteiger partial charge in [-0.2, -0.15) is 0 Å². The number of carboxylic acids is 1. The van der Waals surface area contributed by atoms with Crippen LogP contribution in [0.25, 0.3) is 0 Å². The van der Waals surface area contributed by atoms with Gasteiger partial charge in [0.05, 0.1) is 11.3 Å². The first-order valence-electron chi connectivity index (χ1n) is 9.78. The van der Waals surface area contributed by atoms with E-state index in [1.165, 1.54) is 24.3 Å². The monoisotopic (exact) mass is 415 g/mol. The number of hydrogen-bond donors (Lipinski definition) is 2. The number of aromatic carboxylic acids is 1. The van der Waals surface area contributed by atoms with Gasteiger partial charge in [-0.1, -0.05) is 18.2 Å². The van der Waals surface area contributed by atoms with Crippen LogP contribution in [0.3, 0.4) is 0 Å². The van der Waals surface area contributed by atoms with E-state index in [0.29, 0.717) is 19.6 Å². The molecule has 3 rings (SSSR count). The highest BCUT2D eigenvalue weighted by Crippen LogP contribution is 2.25. The fourth-order valence-corrected chi connectivity index (χ4v) is 3.67. The number of anilines is 1. The second-order valence-corrected chi connectivity index (χ2v) is 7.61. The molecule has 2 aromatic carbocycles. The Morgan fingerprint density at radius 2 is 1.83 bits per heavy atom. The number of carbonyl (C=O) groups is 2. The van der Waals surface area contributed by atoms with Crippen molar-refractivity contribution < 1.29 is 23.8 Å². The maximum atomic E-state index is 13.1. The number of para-hydroxylation sites is 1. The van der Waals surface area contributed by atoms with Crippen LogP contribution in [0.1, 0.15) is 29.8 Å². The number of nitrogen functional groups attached to an aromatic ring is 1. The Morgan fingerprint density at radius 3 is 2.50 bits per heavy atom. The molecule has 0 saturated carbocycles. The SMILES string of the molecule is C[C@@H]1CN(Cc2ccc(F)cc2)[C@@H](C)CN1C(=O)COc1cccc(C(=O)O)c1N. The third-order valence-electron chi connectivity index (χ3n) is 5.38. The van der Waals surface area contributed by atoms with Gasteiger partial charge < -0.3 is 20.5 Å². The molecule has 0 aliphatic carbocycles. The van der Waals surface area contributed by atoms with Crippen LogP contribution < -0.4 is 10.5 Å². The number of nitrogens with zero attached hydrogens (tertiary/aromatic N) is 2. The molecule has 0 unspecified atom stereocenters. The quantitative estimate of drug-likeness (QED) is 0.704. The Hall–Kier alpha value is -3.13. The van der Waals surface area contributed by atoms with E-state index >= 15 is 0 Å². The number of amides is 1. The molecule has 8 heteroatoms. The van der Waals surface area contributed by atoms with E-state index in [1.54, 1.807) is 23.1 Å². The lowest BCUT2D eigenvalue weighted by molar-refractivity contribution is -0.139. The Bertz CT molecular complexity index is 919. The number of ether oxygens (including phenoxy) is 1. The molecular formula is C22H26FN3O4. The second-order valence-electron chi connectivity index (χ2n) is 7.61. The summed E-state index contributed by atoms with van der Waals surface area (Å²) in [4.78, 5) is 28.0. The van der Waals surface area contributed by atoms with Crippen molar-refractivity contribution >= 4 is 17.6 Å². The highest BCUT2D eigenvalue weighted by molar-refractivity contribution is 5.95. The molecule has 1 aliphatic heterocycles. The first kappa shape index (κ1) is 21.6. The number of nitrogens with two attached hydrogens (primary N) is 1. The maximum Gasteiger partial charge on any atom is 0.337 e. The average Bonchev–Trinajstić information content (AvgIpc) is 2.71. The van der Waals surface area contributed by atoms with Crippen molar-refractivity contribution in [2.45, 2.75) is 32.5 Å². The fourth-order valence-electron chi connectivity index (χ4n) is 3.67. The van der Waals surface area contributed by atoms with Gasteiger partial charge in [0.25, 0.3) is 5.91 Å². The topological polar surface area (TPSA) is 96.1 Å². The van der Waals surface area contributed by atoms with Gasteiger partial charge in [-0.05, 0) is 43.7 Å². The van der Waals surface area contributed by atoms with Crippen LogP contribution >= 0.6 is 0 Å². The second kappa shape index (κ2) is 9.13. The third kappa shape index (κ3) is 4.88. The van der Waals surface area contributed by atoms with E-state index < -0.39 is 5.97 Å². The molecule has 7 nitrogen and oxygen atoms in total. The Balaban J connectivity index is 1.59. The summed E-state index contributed by atoms with van der Waals surface area (Å²) in [5.74, 6) is -1.41. The summed E-state index contributed by atoms with van der Waals surface area (Å²) in [6, 6.07) is 11.0. The van der Waals surface area contributed by atoms with Crippen molar-refractivity contribution in [3.63, 3.8) is 0 Å². The summed E-state index contributed by atoms with van der Waals surface area (Å²) in [7, 11) is 0. The van der Waals surface area contributed by atoms with Crippen LogP contribution in [0, 0.1) is 5.82 Å². The number of piperazine rings is 1. The van der Waals surface area contributed by atoms with Crippen molar-refractivity contribution in [1.82, 2.24) is 9.80 Å². The lowest BCUT2D eigenvalue weighted by atomic mass is 10.1. The van der Waals surface area contributed by atoms with Gasteiger partial charge in [0.15, 0.2) is 6.61 Å². The molecule has 1 aliphatic rings.